The van der Waals surface area contributed by atoms with E-state index in [9.17, 15) is 14.4 Å². The summed E-state index contributed by atoms with van der Waals surface area (Å²) in [5, 5.41) is 7.73. The number of hydrogen-bond acceptors (Lipinski definition) is 3. The lowest BCUT2D eigenvalue weighted by Crippen LogP contribution is -2.41. The molecule has 0 atom stereocenters. The second kappa shape index (κ2) is 10.3. The van der Waals surface area contributed by atoms with Crippen LogP contribution >= 0.6 is 0 Å². The minimum absolute atomic E-state index is 0.000751. The summed E-state index contributed by atoms with van der Waals surface area (Å²) < 4.78 is 0. The predicted octanol–water partition coefficient (Wildman–Crippen LogP) is 1.10. The van der Waals surface area contributed by atoms with Crippen molar-refractivity contribution in [1.29, 1.82) is 0 Å². The van der Waals surface area contributed by atoms with E-state index in [2.05, 4.69) is 16.0 Å². The number of likely N-dealkylation sites (N-methyl/N-ethyl adjacent to an activating group) is 1. The molecule has 0 radical (unpaired) electrons. The highest BCUT2D eigenvalue weighted by molar-refractivity contribution is 5.94. The van der Waals surface area contributed by atoms with Gasteiger partial charge in [-0.1, -0.05) is 12.1 Å². The van der Waals surface area contributed by atoms with Crippen LogP contribution in [0, 0.1) is 0 Å². The van der Waals surface area contributed by atoms with E-state index < -0.39 is 6.03 Å². The minimum atomic E-state index is -0.412. The van der Waals surface area contributed by atoms with Crippen molar-refractivity contribution in [1.82, 2.24) is 20.9 Å². The third kappa shape index (κ3) is 6.28. The lowest BCUT2D eigenvalue weighted by atomic mass is 10.1. The molecular formula is C17H26N4O3. The fourth-order valence-electron chi connectivity index (χ4n) is 2.12. The van der Waals surface area contributed by atoms with Crippen LogP contribution in [0.2, 0.25) is 0 Å². The zero-order chi connectivity index (χ0) is 17.9. The minimum Gasteiger partial charge on any atom is -0.355 e. The summed E-state index contributed by atoms with van der Waals surface area (Å²) in [7, 11) is 0. The van der Waals surface area contributed by atoms with Gasteiger partial charge in [0.1, 0.15) is 0 Å². The third-order valence-electron chi connectivity index (χ3n) is 3.49. The number of hydrogen-bond donors (Lipinski definition) is 3. The van der Waals surface area contributed by atoms with Gasteiger partial charge in [-0.25, -0.2) is 4.79 Å². The second-order valence-electron chi connectivity index (χ2n) is 5.16. The van der Waals surface area contributed by atoms with Gasteiger partial charge in [-0.15, -0.1) is 0 Å². The number of urea groups is 1. The zero-order valence-corrected chi connectivity index (χ0v) is 14.5. The van der Waals surface area contributed by atoms with Gasteiger partial charge in [0.05, 0.1) is 6.54 Å². The molecule has 0 bridgehead atoms. The largest absolute Gasteiger partial charge is 0.355 e. The van der Waals surface area contributed by atoms with Crippen LogP contribution < -0.4 is 16.0 Å². The van der Waals surface area contributed by atoms with E-state index in [4.69, 9.17) is 0 Å². The molecule has 24 heavy (non-hydrogen) atoms. The Morgan fingerprint density at radius 3 is 2.08 bits per heavy atom. The van der Waals surface area contributed by atoms with Gasteiger partial charge >= 0.3 is 6.03 Å². The molecule has 0 aliphatic carbocycles. The van der Waals surface area contributed by atoms with Crippen molar-refractivity contribution in [3.05, 3.63) is 35.4 Å². The van der Waals surface area contributed by atoms with Crippen molar-refractivity contribution in [2.45, 2.75) is 27.3 Å². The zero-order valence-electron chi connectivity index (χ0n) is 14.5. The van der Waals surface area contributed by atoms with Crippen molar-refractivity contribution in [2.75, 3.05) is 26.2 Å². The summed E-state index contributed by atoms with van der Waals surface area (Å²) in [4.78, 5) is 36.8. The van der Waals surface area contributed by atoms with Crippen LogP contribution in [0.5, 0.6) is 0 Å². The molecule has 0 fully saturated rings. The van der Waals surface area contributed by atoms with Crippen molar-refractivity contribution < 1.29 is 14.4 Å². The maximum Gasteiger partial charge on any atom is 0.315 e. The van der Waals surface area contributed by atoms with Crippen molar-refractivity contribution in [3.8, 4) is 0 Å². The van der Waals surface area contributed by atoms with Gasteiger partial charge in [0.2, 0.25) is 5.91 Å². The van der Waals surface area contributed by atoms with Gasteiger partial charge in [-0.2, -0.15) is 0 Å². The summed E-state index contributed by atoms with van der Waals surface area (Å²) in [5.74, 6) is -0.230. The molecule has 7 nitrogen and oxygen atoms in total. The van der Waals surface area contributed by atoms with E-state index in [-0.39, 0.29) is 18.4 Å². The van der Waals surface area contributed by atoms with Crippen LogP contribution in [0.15, 0.2) is 24.3 Å². The fourth-order valence-corrected chi connectivity index (χ4v) is 2.12. The molecule has 4 amide bonds. The monoisotopic (exact) mass is 334 g/mol. The smallest absolute Gasteiger partial charge is 0.315 e. The molecule has 0 unspecified atom stereocenters. The predicted molar refractivity (Wildman–Crippen MR) is 92.6 cm³/mol. The Bertz CT molecular complexity index is 553. The summed E-state index contributed by atoms with van der Waals surface area (Å²) in [6.07, 6.45) is 0. The van der Waals surface area contributed by atoms with Crippen LogP contribution in [0.25, 0.3) is 0 Å². The van der Waals surface area contributed by atoms with Gasteiger partial charge in [0.25, 0.3) is 5.91 Å². The molecular weight excluding hydrogens is 308 g/mol. The highest BCUT2D eigenvalue weighted by Crippen LogP contribution is 2.07. The summed E-state index contributed by atoms with van der Waals surface area (Å²) in [6.45, 7) is 7.83. The van der Waals surface area contributed by atoms with E-state index >= 15 is 0 Å². The first-order valence-corrected chi connectivity index (χ1v) is 8.18. The van der Waals surface area contributed by atoms with E-state index in [1.807, 2.05) is 20.8 Å². The number of rotatable bonds is 8. The number of carbonyl (C=O) groups is 3. The number of carbonyl (C=O) groups excluding carboxylic acids is 3. The van der Waals surface area contributed by atoms with Crippen LogP contribution in [0.1, 0.15) is 36.7 Å². The number of nitrogens with one attached hydrogen (secondary N) is 3. The summed E-state index contributed by atoms with van der Waals surface area (Å²) in [6, 6.07) is 6.71. The summed E-state index contributed by atoms with van der Waals surface area (Å²) in [5.41, 5.74) is 1.50. The average molecular weight is 334 g/mol. The Morgan fingerprint density at radius 2 is 1.54 bits per heavy atom. The van der Waals surface area contributed by atoms with E-state index in [0.29, 0.717) is 31.7 Å². The molecule has 0 heterocycles. The van der Waals surface area contributed by atoms with Gasteiger partial charge in [0.15, 0.2) is 0 Å². The number of nitrogens with zero attached hydrogens (tertiary/aromatic N) is 1. The number of benzene rings is 1. The maximum absolute atomic E-state index is 12.2. The van der Waals surface area contributed by atoms with Gasteiger partial charge < -0.3 is 20.9 Å². The molecule has 0 spiro atoms. The Hall–Kier alpha value is -2.57. The Kier molecular flexibility index (Phi) is 8.32. The molecule has 3 N–H and O–H groups in total. The summed E-state index contributed by atoms with van der Waals surface area (Å²) >= 11 is 0. The highest BCUT2D eigenvalue weighted by Gasteiger charge is 2.12. The quantitative estimate of drug-likeness (QED) is 0.665. The molecule has 0 aliphatic heterocycles. The van der Waals surface area contributed by atoms with Crippen molar-refractivity contribution in [2.24, 2.45) is 0 Å². The lowest BCUT2D eigenvalue weighted by molar-refractivity contribution is -0.119. The normalized spacial score (nSPS) is 9.96. The molecule has 1 rings (SSSR count). The molecule has 1 aromatic carbocycles. The van der Waals surface area contributed by atoms with Crippen LogP contribution in [-0.2, 0) is 11.3 Å². The molecule has 0 aliphatic rings. The first-order valence-electron chi connectivity index (χ1n) is 8.18. The molecule has 1 aromatic rings. The van der Waals surface area contributed by atoms with Crippen molar-refractivity contribution >= 4 is 17.8 Å². The first-order chi connectivity index (χ1) is 11.5. The molecule has 0 saturated heterocycles. The fraction of sp³-hybridized carbons (Fsp3) is 0.471. The van der Waals surface area contributed by atoms with Gasteiger partial charge in [-0.3, -0.25) is 9.59 Å². The molecule has 0 saturated carbocycles. The number of amides is 4. The van der Waals surface area contributed by atoms with Crippen LogP contribution in [-0.4, -0.2) is 48.9 Å². The molecule has 7 heteroatoms. The van der Waals surface area contributed by atoms with Gasteiger partial charge in [0, 0.05) is 31.7 Å². The highest BCUT2D eigenvalue weighted by atomic mass is 16.2. The maximum atomic E-state index is 12.2. The first kappa shape index (κ1) is 19.5. The lowest BCUT2D eigenvalue weighted by Gasteiger charge is -2.18. The Morgan fingerprint density at radius 1 is 0.917 bits per heavy atom. The average Bonchev–Trinajstić information content (AvgIpc) is 2.59. The van der Waals surface area contributed by atoms with E-state index in [1.54, 1.807) is 29.2 Å². The van der Waals surface area contributed by atoms with Crippen LogP contribution in [0.4, 0.5) is 4.79 Å². The Balaban J connectivity index is 2.46. The second-order valence-corrected chi connectivity index (χ2v) is 5.16. The SMILES string of the molecule is CCNC(=O)CNC(=O)NCc1ccc(C(=O)N(CC)CC)cc1. The van der Waals surface area contributed by atoms with Crippen molar-refractivity contribution in [3.63, 3.8) is 0 Å². The molecule has 0 aromatic heterocycles. The van der Waals surface area contributed by atoms with E-state index in [1.165, 1.54) is 0 Å². The van der Waals surface area contributed by atoms with Crippen LogP contribution in [0.3, 0.4) is 0 Å². The van der Waals surface area contributed by atoms with Gasteiger partial charge in [-0.05, 0) is 38.5 Å². The Labute approximate surface area is 142 Å². The standard InChI is InChI=1S/C17H26N4O3/c1-4-18-15(22)12-20-17(24)19-11-13-7-9-14(10-8-13)16(23)21(5-2)6-3/h7-10H,4-6,11-12H2,1-3H3,(H,18,22)(H2,19,20,24). The van der Waals surface area contributed by atoms with E-state index in [0.717, 1.165) is 5.56 Å². The third-order valence-corrected chi connectivity index (χ3v) is 3.49. The molecule has 132 valence electrons. The topological polar surface area (TPSA) is 90.5 Å².